The van der Waals surface area contributed by atoms with Gasteiger partial charge in [-0.1, -0.05) is 75.4 Å². The number of nitrogens with zero attached hydrogens (tertiary/aromatic N) is 1. The number of thiophene rings is 1. The Bertz CT molecular complexity index is 1980. The summed E-state index contributed by atoms with van der Waals surface area (Å²) < 4.78 is 9.26. The highest BCUT2D eigenvalue weighted by Gasteiger charge is 2.46. The molecule has 0 saturated carbocycles. The third-order valence-corrected chi connectivity index (χ3v) is 17.4. The van der Waals surface area contributed by atoms with Crippen molar-refractivity contribution >= 4 is 69.3 Å². The lowest BCUT2D eigenvalue weighted by Gasteiger charge is -2.22. The molecule has 0 radical (unpaired) electrons. The summed E-state index contributed by atoms with van der Waals surface area (Å²) in [5.41, 5.74) is 6.23. The van der Waals surface area contributed by atoms with Gasteiger partial charge >= 0.3 is 0 Å². The van der Waals surface area contributed by atoms with Crippen LogP contribution in [0.15, 0.2) is 85.1 Å². The highest BCUT2D eigenvalue weighted by Crippen LogP contribution is 2.42. The molecule has 5 heteroatoms. The Morgan fingerprint density at radius 1 is 0.675 bits per heavy atom. The molecule has 2 nitrogen and oxygen atoms in total. The van der Waals surface area contributed by atoms with Crippen molar-refractivity contribution in [1.29, 1.82) is 0 Å². The predicted molar refractivity (Wildman–Crippen MR) is 180 cm³/mol. The minimum Gasteiger partial charge on any atom is -0.449 e. The number of pyridine rings is 1. The molecule has 7 rings (SSSR count). The summed E-state index contributed by atoms with van der Waals surface area (Å²) in [6.07, 6.45) is 1.97. The Labute approximate surface area is 242 Å². The van der Waals surface area contributed by atoms with E-state index < -0.39 is 16.6 Å². The molecule has 0 fully saturated rings. The minimum atomic E-state index is -1.87. The van der Waals surface area contributed by atoms with Crippen LogP contribution >= 0.6 is 11.3 Å². The van der Waals surface area contributed by atoms with Crippen LogP contribution in [0.4, 0.5) is 0 Å². The van der Waals surface area contributed by atoms with Gasteiger partial charge in [0.1, 0.15) is 0 Å². The molecular weight excluding hydrogens is 539 g/mol. The third kappa shape index (κ3) is 4.02. The van der Waals surface area contributed by atoms with Crippen molar-refractivity contribution in [3.63, 3.8) is 0 Å². The monoisotopic (exact) mass is 573 g/mol. The molecule has 6 aromatic rings. The Balaban J connectivity index is 1.39. The van der Waals surface area contributed by atoms with Crippen LogP contribution in [0.1, 0.15) is 26.3 Å². The highest BCUT2D eigenvalue weighted by atomic mass is 32.1. The van der Waals surface area contributed by atoms with Crippen molar-refractivity contribution in [3.8, 4) is 22.4 Å². The molecule has 0 unspecified atom stereocenters. The Morgan fingerprint density at radius 2 is 1.40 bits per heavy atom. The van der Waals surface area contributed by atoms with Crippen molar-refractivity contribution in [1.82, 2.24) is 4.98 Å². The van der Waals surface area contributed by atoms with Crippen LogP contribution in [-0.2, 0) is 9.53 Å². The standard InChI is InChI=1S/C35H35NOSSi2/c1-35(2,3)29-19-25(18-24-10-8-9-11-26(24)29)33-34-28(16-17-36-33)27-14-12-22(20-30(27)38-34)23-13-15-31-32(21-23)40(6,7)37-39(31,4)5/h8-21H,1-7H3. The molecule has 3 heterocycles. The quantitative estimate of drug-likeness (QED) is 0.193. The lowest BCUT2D eigenvalue weighted by Crippen LogP contribution is -2.43. The summed E-state index contributed by atoms with van der Waals surface area (Å²) in [4.78, 5) is 4.96. The maximum absolute atomic E-state index is 6.69. The maximum atomic E-state index is 6.69. The summed E-state index contributed by atoms with van der Waals surface area (Å²) in [6.45, 7) is 16.3. The van der Waals surface area contributed by atoms with Crippen LogP contribution in [-0.4, -0.2) is 21.6 Å². The fourth-order valence-corrected chi connectivity index (χ4v) is 18.1. The van der Waals surface area contributed by atoms with Crippen LogP contribution in [0.5, 0.6) is 0 Å². The largest absolute Gasteiger partial charge is 0.449 e. The van der Waals surface area contributed by atoms with E-state index in [0.29, 0.717) is 0 Å². The summed E-state index contributed by atoms with van der Waals surface area (Å²) in [6, 6.07) is 29.6. The van der Waals surface area contributed by atoms with Crippen LogP contribution in [0.25, 0.3) is 53.3 Å². The molecule has 0 spiro atoms. The molecule has 0 bridgehead atoms. The first-order valence-electron chi connectivity index (χ1n) is 14.1. The third-order valence-electron chi connectivity index (χ3n) is 8.49. The summed E-state index contributed by atoms with van der Waals surface area (Å²) in [7, 11) is -3.67. The average molecular weight is 574 g/mol. The first-order valence-corrected chi connectivity index (χ1v) is 20.8. The van der Waals surface area contributed by atoms with E-state index in [1.807, 2.05) is 17.5 Å². The summed E-state index contributed by atoms with van der Waals surface area (Å²) >= 11 is 1.86. The van der Waals surface area contributed by atoms with Gasteiger partial charge in [-0.15, -0.1) is 11.3 Å². The molecule has 2 aromatic heterocycles. The summed E-state index contributed by atoms with van der Waals surface area (Å²) in [5.74, 6) is 0. The van der Waals surface area contributed by atoms with E-state index in [0.717, 1.165) is 5.69 Å². The Hall–Kier alpha value is -3.10. The normalized spacial score (nSPS) is 16.2. The molecular formula is C35H35NOSSi2. The lowest BCUT2D eigenvalue weighted by molar-refractivity contribution is 0.583. The smallest absolute Gasteiger partial charge is 0.206 e. The molecule has 4 aromatic carbocycles. The molecule has 200 valence electrons. The van der Waals surface area contributed by atoms with E-state index in [9.17, 15) is 0 Å². The van der Waals surface area contributed by atoms with Gasteiger partial charge in [-0.05, 0) is 93.7 Å². The van der Waals surface area contributed by atoms with Crippen molar-refractivity contribution < 1.29 is 4.12 Å². The lowest BCUT2D eigenvalue weighted by atomic mass is 9.82. The molecule has 0 saturated heterocycles. The van der Waals surface area contributed by atoms with Gasteiger partial charge in [-0.3, -0.25) is 4.98 Å². The molecule has 0 atom stereocenters. The molecule has 0 N–H and O–H groups in total. The second kappa shape index (κ2) is 8.70. The number of hydrogen-bond donors (Lipinski definition) is 0. The van der Waals surface area contributed by atoms with Crippen molar-refractivity contribution in [2.75, 3.05) is 0 Å². The molecule has 1 aliphatic rings. The van der Waals surface area contributed by atoms with Gasteiger partial charge < -0.3 is 4.12 Å². The topological polar surface area (TPSA) is 22.1 Å². The van der Waals surface area contributed by atoms with Gasteiger partial charge in [-0.25, -0.2) is 0 Å². The minimum absolute atomic E-state index is 0.0363. The van der Waals surface area contributed by atoms with Gasteiger partial charge in [0.15, 0.2) is 0 Å². The first-order chi connectivity index (χ1) is 18.9. The van der Waals surface area contributed by atoms with Gasteiger partial charge in [0.2, 0.25) is 16.6 Å². The van der Waals surface area contributed by atoms with Crippen molar-refractivity contribution in [2.45, 2.75) is 52.4 Å². The highest BCUT2D eigenvalue weighted by molar-refractivity contribution is 7.26. The van der Waals surface area contributed by atoms with Crippen LogP contribution in [0.2, 0.25) is 26.2 Å². The van der Waals surface area contributed by atoms with Gasteiger partial charge in [-0.2, -0.15) is 0 Å². The van der Waals surface area contributed by atoms with E-state index in [1.165, 1.54) is 63.6 Å². The predicted octanol–water partition coefficient (Wildman–Crippen LogP) is 9.09. The van der Waals surface area contributed by atoms with E-state index in [4.69, 9.17) is 9.10 Å². The zero-order valence-corrected chi connectivity index (χ0v) is 27.2. The SMILES string of the molecule is CC(C)(C)c1cc(-c2nccc3c2sc2cc(-c4ccc5c(c4)[Si](C)(C)O[Si]5(C)C)ccc23)cc2ccccc12. The van der Waals surface area contributed by atoms with E-state index in [2.05, 4.69) is 126 Å². The fraction of sp³-hybridized carbons (Fsp3) is 0.229. The molecule has 40 heavy (non-hydrogen) atoms. The Morgan fingerprint density at radius 3 is 2.20 bits per heavy atom. The second-order valence-corrected chi connectivity index (χ2v) is 22.2. The van der Waals surface area contributed by atoms with E-state index >= 15 is 0 Å². The van der Waals surface area contributed by atoms with Crippen molar-refractivity contribution in [2.24, 2.45) is 0 Å². The summed E-state index contributed by atoms with van der Waals surface area (Å²) in [5, 5.41) is 8.14. The van der Waals surface area contributed by atoms with Gasteiger partial charge in [0.25, 0.3) is 0 Å². The maximum Gasteiger partial charge on any atom is 0.206 e. The number of aromatic nitrogens is 1. The van der Waals surface area contributed by atoms with Crippen molar-refractivity contribution in [3.05, 3.63) is 90.6 Å². The number of benzene rings is 4. The van der Waals surface area contributed by atoms with Gasteiger partial charge in [0.05, 0.1) is 10.4 Å². The van der Waals surface area contributed by atoms with E-state index in [1.54, 1.807) is 0 Å². The van der Waals surface area contributed by atoms with Crippen LogP contribution in [0.3, 0.4) is 0 Å². The zero-order chi connectivity index (χ0) is 28.0. The Kier molecular flexibility index (Phi) is 5.62. The molecule has 1 aliphatic heterocycles. The zero-order valence-electron chi connectivity index (χ0n) is 24.3. The van der Waals surface area contributed by atoms with Crippen LogP contribution < -0.4 is 10.4 Å². The second-order valence-electron chi connectivity index (χ2n) is 13.2. The molecule has 0 aliphatic carbocycles. The number of hydrogen-bond acceptors (Lipinski definition) is 3. The van der Waals surface area contributed by atoms with Crippen LogP contribution in [0, 0.1) is 0 Å². The first kappa shape index (κ1) is 25.8. The average Bonchev–Trinajstić information content (AvgIpc) is 3.37. The fourth-order valence-electron chi connectivity index (χ4n) is 6.65. The molecule has 0 amide bonds. The van der Waals surface area contributed by atoms with Gasteiger partial charge in [0, 0.05) is 27.2 Å². The number of fused-ring (bicyclic) bond motifs is 5. The van der Waals surface area contributed by atoms with E-state index in [-0.39, 0.29) is 5.41 Å². The number of rotatable bonds is 2.